The summed E-state index contributed by atoms with van der Waals surface area (Å²) in [6, 6.07) is 27.9. The van der Waals surface area contributed by atoms with Gasteiger partial charge in [-0.1, -0.05) is 60.7 Å². The van der Waals surface area contributed by atoms with Crippen LogP contribution in [0.3, 0.4) is 0 Å². The number of hydrogen-bond donors (Lipinski definition) is 0. The van der Waals surface area contributed by atoms with Gasteiger partial charge in [-0.2, -0.15) is 0 Å². The van der Waals surface area contributed by atoms with Crippen LogP contribution >= 0.6 is 0 Å². The Kier molecular flexibility index (Phi) is 6.94. The maximum atomic E-state index is 14.0. The predicted molar refractivity (Wildman–Crippen MR) is 143 cm³/mol. The van der Waals surface area contributed by atoms with Crippen LogP contribution in [0.1, 0.15) is 30.4 Å². The van der Waals surface area contributed by atoms with Gasteiger partial charge in [0.15, 0.2) is 0 Å². The predicted octanol–water partition coefficient (Wildman–Crippen LogP) is 6.04. The van der Waals surface area contributed by atoms with Crippen molar-refractivity contribution in [3.63, 3.8) is 0 Å². The molecule has 4 amide bonds. The standard InChI is InChI=1S/C30H34N4O2/c1-23-12-9-10-13-24(23)20-31(2)29(35)34-27-18-11-19-28(34)22-32(21-27)30(36)33(25-14-5-3-6-15-25)26-16-7-4-8-17-26/h3-10,12-17,27-28H,11,18-22H2,1-2H3/t27-,28+. The van der Waals surface area contributed by atoms with Crippen LogP contribution in [0.4, 0.5) is 21.0 Å². The average molecular weight is 483 g/mol. The highest BCUT2D eigenvalue weighted by molar-refractivity contribution is 5.99. The maximum Gasteiger partial charge on any atom is 0.329 e. The van der Waals surface area contributed by atoms with Gasteiger partial charge in [0, 0.05) is 26.7 Å². The van der Waals surface area contributed by atoms with Crippen molar-refractivity contribution in [3.8, 4) is 0 Å². The fraction of sp³-hybridized carbons (Fsp3) is 0.333. The summed E-state index contributed by atoms with van der Waals surface area (Å²) in [6.45, 7) is 3.77. The summed E-state index contributed by atoms with van der Waals surface area (Å²) in [6.07, 6.45) is 2.92. The Morgan fingerprint density at radius 2 is 1.31 bits per heavy atom. The molecule has 6 nitrogen and oxygen atoms in total. The third kappa shape index (κ3) is 4.81. The van der Waals surface area contributed by atoms with Crippen molar-refractivity contribution in [1.29, 1.82) is 0 Å². The fourth-order valence-corrected chi connectivity index (χ4v) is 5.55. The zero-order valence-electron chi connectivity index (χ0n) is 21.1. The smallest absolute Gasteiger partial charge is 0.323 e. The van der Waals surface area contributed by atoms with Gasteiger partial charge in [-0.05, 0) is 61.6 Å². The molecular formula is C30H34N4O2. The molecule has 3 aromatic carbocycles. The van der Waals surface area contributed by atoms with Crippen LogP contribution in [-0.4, -0.2) is 59.0 Å². The molecule has 0 aliphatic carbocycles. The van der Waals surface area contributed by atoms with E-state index in [1.807, 2.05) is 89.6 Å². The van der Waals surface area contributed by atoms with Gasteiger partial charge in [-0.3, -0.25) is 4.90 Å². The first-order chi connectivity index (χ1) is 17.5. The molecule has 2 heterocycles. The summed E-state index contributed by atoms with van der Waals surface area (Å²) in [5.74, 6) is 0. The average Bonchev–Trinajstić information content (AvgIpc) is 2.90. The van der Waals surface area contributed by atoms with Crippen molar-refractivity contribution in [1.82, 2.24) is 14.7 Å². The molecule has 2 bridgehead atoms. The number of piperidine rings is 1. The molecular weight excluding hydrogens is 448 g/mol. The molecule has 186 valence electrons. The first kappa shape index (κ1) is 23.9. The number of fused-ring (bicyclic) bond motifs is 2. The molecule has 2 fully saturated rings. The molecule has 0 aromatic heterocycles. The lowest BCUT2D eigenvalue weighted by Crippen LogP contribution is -2.66. The summed E-state index contributed by atoms with van der Waals surface area (Å²) in [7, 11) is 1.88. The number of piperazine rings is 1. The Hall–Kier alpha value is -3.80. The molecule has 2 saturated heterocycles. The molecule has 6 heteroatoms. The second kappa shape index (κ2) is 10.4. The van der Waals surface area contributed by atoms with Crippen LogP contribution in [0, 0.1) is 6.92 Å². The number of hydrogen-bond acceptors (Lipinski definition) is 2. The summed E-state index contributed by atoms with van der Waals surface area (Å²) >= 11 is 0. The number of anilines is 2. The fourth-order valence-electron chi connectivity index (χ4n) is 5.55. The molecule has 36 heavy (non-hydrogen) atoms. The lowest BCUT2D eigenvalue weighted by molar-refractivity contribution is 0.0237. The van der Waals surface area contributed by atoms with E-state index in [1.54, 1.807) is 4.90 Å². The summed E-state index contributed by atoms with van der Waals surface area (Å²) in [5.41, 5.74) is 4.04. The second-order valence-corrected chi connectivity index (χ2v) is 9.91. The number of rotatable bonds is 4. The van der Waals surface area contributed by atoms with Gasteiger partial charge in [0.05, 0.1) is 23.5 Å². The van der Waals surface area contributed by atoms with Crippen LogP contribution in [0.5, 0.6) is 0 Å². The van der Waals surface area contributed by atoms with Crippen molar-refractivity contribution >= 4 is 23.4 Å². The van der Waals surface area contributed by atoms with Crippen molar-refractivity contribution in [2.24, 2.45) is 0 Å². The summed E-state index contributed by atoms with van der Waals surface area (Å²) in [4.78, 5) is 35.2. The largest absolute Gasteiger partial charge is 0.329 e. The Bertz CT molecular complexity index is 1150. The minimum absolute atomic E-state index is 0.0293. The van der Waals surface area contributed by atoms with E-state index < -0.39 is 0 Å². The van der Waals surface area contributed by atoms with Gasteiger partial charge < -0.3 is 14.7 Å². The zero-order valence-corrected chi connectivity index (χ0v) is 21.1. The van der Waals surface area contributed by atoms with Crippen molar-refractivity contribution in [3.05, 3.63) is 96.1 Å². The van der Waals surface area contributed by atoms with E-state index in [-0.39, 0.29) is 24.1 Å². The number of para-hydroxylation sites is 2. The van der Waals surface area contributed by atoms with E-state index in [9.17, 15) is 9.59 Å². The van der Waals surface area contributed by atoms with E-state index in [0.29, 0.717) is 19.6 Å². The third-order valence-electron chi connectivity index (χ3n) is 7.43. The molecule has 5 rings (SSSR count). The van der Waals surface area contributed by atoms with Crippen LogP contribution < -0.4 is 4.90 Å². The zero-order chi connectivity index (χ0) is 25.1. The van der Waals surface area contributed by atoms with Gasteiger partial charge in [0.1, 0.15) is 0 Å². The van der Waals surface area contributed by atoms with Crippen LogP contribution in [-0.2, 0) is 6.54 Å². The van der Waals surface area contributed by atoms with E-state index in [1.165, 1.54) is 5.56 Å². The number of aryl methyl sites for hydroxylation is 1. The van der Waals surface area contributed by atoms with Gasteiger partial charge in [0.2, 0.25) is 0 Å². The number of benzene rings is 3. The quantitative estimate of drug-likeness (QED) is 0.455. The number of likely N-dealkylation sites (tertiary alicyclic amines) is 1. The number of amides is 4. The van der Waals surface area contributed by atoms with Gasteiger partial charge >= 0.3 is 12.1 Å². The Morgan fingerprint density at radius 3 is 1.86 bits per heavy atom. The second-order valence-electron chi connectivity index (χ2n) is 9.91. The highest BCUT2D eigenvalue weighted by atomic mass is 16.2. The van der Waals surface area contributed by atoms with E-state index in [0.717, 1.165) is 36.2 Å². The van der Waals surface area contributed by atoms with Gasteiger partial charge in [-0.15, -0.1) is 0 Å². The number of carbonyl (C=O) groups excluding carboxylic acids is 2. The molecule has 2 atom stereocenters. The van der Waals surface area contributed by atoms with E-state index in [4.69, 9.17) is 0 Å². The van der Waals surface area contributed by atoms with Crippen molar-refractivity contribution in [2.45, 2.75) is 44.8 Å². The Balaban J connectivity index is 1.35. The van der Waals surface area contributed by atoms with Gasteiger partial charge in [-0.25, -0.2) is 9.59 Å². The number of nitrogens with zero attached hydrogens (tertiary/aromatic N) is 4. The third-order valence-corrected chi connectivity index (χ3v) is 7.43. The topological polar surface area (TPSA) is 47.1 Å². The minimum Gasteiger partial charge on any atom is -0.323 e. The molecule has 0 N–H and O–H groups in total. The van der Waals surface area contributed by atoms with Crippen molar-refractivity contribution < 1.29 is 9.59 Å². The Labute approximate surface area is 213 Å². The summed E-state index contributed by atoms with van der Waals surface area (Å²) < 4.78 is 0. The highest BCUT2D eigenvalue weighted by Crippen LogP contribution is 2.33. The number of urea groups is 2. The van der Waals surface area contributed by atoms with E-state index >= 15 is 0 Å². The van der Waals surface area contributed by atoms with Crippen molar-refractivity contribution in [2.75, 3.05) is 25.0 Å². The SMILES string of the molecule is Cc1ccccc1CN(C)C(=O)N1[C@@H]2CCC[C@H]1CN(C(=O)N(c1ccccc1)c1ccccc1)C2. The monoisotopic (exact) mass is 482 g/mol. The van der Waals surface area contributed by atoms with Crippen LogP contribution in [0.25, 0.3) is 0 Å². The lowest BCUT2D eigenvalue weighted by Gasteiger charge is -2.51. The minimum atomic E-state index is -0.0373. The first-order valence-corrected chi connectivity index (χ1v) is 12.8. The first-order valence-electron chi connectivity index (χ1n) is 12.8. The molecule has 2 aliphatic heterocycles. The maximum absolute atomic E-state index is 14.0. The van der Waals surface area contributed by atoms with E-state index in [2.05, 4.69) is 24.0 Å². The van der Waals surface area contributed by atoms with Gasteiger partial charge in [0.25, 0.3) is 0 Å². The van der Waals surface area contributed by atoms with Crippen LogP contribution in [0.15, 0.2) is 84.9 Å². The molecule has 2 aliphatic rings. The number of carbonyl (C=O) groups is 2. The molecule has 0 unspecified atom stereocenters. The van der Waals surface area contributed by atoms with Crippen LogP contribution in [0.2, 0.25) is 0 Å². The highest BCUT2D eigenvalue weighted by Gasteiger charge is 2.43. The Morgan fingerprint density at radius 1 is 0.778 bits per heavy atom. The molecule has 3 aromatic rings. The molecule has 0 radical (unpaired) electrons. The lowest BCUT2D eigenvalue weighted by atomic mass is 9.91. The summed E-state index contributed by atoms with van der Waals surface area (Å²) in [5, 5.41) is 0. The molecule has 0 spiro atoms. The molecule has 0 saturated carbocycles. The normalized spacial score (nSPS) is 19.1.